The highest BCUT2D eigenvalue weighted by atomic mass is 16.5. The normalized spacial score (nSPS) is 12.7. The maximum absolute atomic E-state index is 5.95. The molecular weight excluding hydrogens is 252 g/mol. The van der Waals surface area contributed by atoms with Gasteiger partial charge < -0.3 is 15.2 Å². The Morgan fingerprint density at radius 3 is 2.75 bits per heavy atom. The summed E-state index contributed by atoms with van der Waals surface area (Å²) in [7, 11) is 3.84. The van der Waals surface area contributed by atoms with Gasteiger partial charge in [-0.3, -0.25) is 4.90 Å². The van der Waals surface area contributed by atoms with Crippen LogP contribution in [0.25, 0.3) is 0 Å². The predicted molar refractivity (Wildman–Crippen MR) is 83.1 cm³/mol. The molecule has 0 saturated heterocycles. The maximum atomic E-state index is 5.95. The number of nitrogens with zero attached hydrogens (tertiary/aromatic N) is 1. The van der Waals surface area contributed by atoms with E-state index in [0.29, 0.717) is 6.54 Å². The first-order valence-corrected chi connectivity index (χ1v) is 7.35. The van der Waals surface area contributed by atoms with Crippen LogP contribution in [0.4, 0.5) is 0 Å². The molecule has 0 fully saturated rings. The van der Waals surface area contributed by atoms with Gasteiger partial charge in [0.1, 0.15) is 5.75 Å². The van der Waals surface area contributed by atoms with Gasteiger partial charge in [-0.15, -0.1) is 0 Å². The van der Waals surface area contributed by atoms with Crippen LogP contribution in [0.3, 0.4) is 0 Å². The van der Waals surface area contributed by atoms with Gasteiger partial charge >= 0.3 is 0 Å². The van der Waals surface area contributed by atoms with Gasteiger partial charge in [-0.1, -0.05) is 19.1 Å². The third-order valence-corrected chi connectivity index (χ3v) is 3.33. The average molecular weight is 280 g/mol. The molecule has 1 aromatic carbocycles. The summed E-state index contributed by atoms with van der Waals surface area (Å²) in [6, 6.07) is 8.46. The second-order valence-corrected chi connectivity index (χ2v) is 5.00. The van der Waals surface area contributed by atoms with Crippen LogP contribution < -0.4 is 10.5 Å². The number of benzene rings is 1. The van der Waals surface area contributed by atoms with E-state index in [1.165, 1.54) is 5.56 Å². The summed E-state index contributed by atoms with van der Waals surface area (Å²) in [5.41, 5.74) is 7.16. The highest BCUT2D eigenvalue weighted by Gasteiger charge is 2.15. The molecular formula is C16H28N2O2. The Kier molecular flexibility index (Phi) is 8.26. The van der Waals surface area contributed by atoms with Crippen molar-refractivity contribution in [3.8, 4) is 5.75 Å². The molecule has 4 nitrogen and oxygen atoms in total. The fourth-order valence-electron chi connectivity index (χ4n) is 2.22. The Hall–Kier alpha value is -1.10. The van der Waals surface area contributed by atoms with E-state index in [0.717, 1.165) is 38.3 Å². The molecule has 0 aliphatic carbocycles. The first-order valence-electron chi connectivity index (χ1n) is 7.35. The summed E-state index contributed by atoms with van der Waals surface area (Å²) in [6.45, 7) is 5.20. The molecule has 1 aromatic rings. The Morgan fingerprint density at radius 2 is 2.10 bits per heavy atom. The number of hydrogen-bond acceptors (Lipinski definition) is 4. The fourth-order valence-corrected chi connectivity index (χ4v) is 2.22. The van der Waals surface area contributed by atoms with Crippen molar-refractivity contribution in [1.29, 1.82) is 0 Å². The molecule has 1 unspecified atom stereocenters. The predicted octanol–water partition coefficient (Wildman–Crippen LogP) is 2.44. The van der Waals surface area contributed by atoms with Crippen molar-refractivity contribution in [2.75, 3.05) is 40.5 Å². The van der Waals surface area contributed by atoms with E-state index < -0.39 is 0 Å². The fraction of sp³-hybridized carbons (Fsp3) is 0.625. The van der Waals surface area contributed by atoms with Crippen molar-refractivity contribution >= 4 is 0 Å². The number of rotatable bonds is 10. The van der Waals surface area contributed by atoms with E-state index in [-0.39, 0.29) is 6.04 Å². The SMILES string of the molecule is CCCOc1cccc(C(CN)N(C)CCCOC)c1. The van der Waals surface area contributed by atoms with Gasteiger partial charge in [0.2, 0.25) is 0 Å². The van der Waals surface area contributed by atoms with Crippen LogP contribution in [0.5, 0.6) is 5.75 Å². The summed E-state index contributed by atoms with van der Waals surface area (Å²) >= 11 is 0. The Labute approximate surface area is 122 Å². The number of methoxy groups -OCH3 is 1. The van der Waals surface area contributed by atoms with Gasteiger partial charge in [0.15, 0.2) is 0 Å². The van der Waals surface area contributed by atoms with E-state index in [2.05, 4.69) is 31.0 Å². The van der Waals surface area contributed by atoms with Gasteiger partial charge in [-0.2, -0.15) is 0 Å². The smallest absolute Gasteiger partial charge is 0.119 e. The molecule has 0 radical (unpaired) electrons. The lowest BCUT2D eigenvalue weighted by Crippen LogP contribution is -2.31. The maximum Gasteiger partial charge on any atom is 0.119 e. The highest BCUT2D eigenvalue weighted by molar-refractivity contribution is 5.30. The molecule has 0 aliphatic heterocycles. The monoisotopic (exact) mass is 280 g/mol. The average Bonchev–Trinajstić information content (AvgIpc) is 2.46. The highest BCUT2D eigenvalue weighted by Crippen LogP contribution is 2.23. The summed E-state index contributed by atoms with van der Waals surface area (Å²) in [6.07, 6.45) is 2.02. The van der Waals surface area contributed by atoms with Crippen molar-refractivity contribution in [3.05, 3.63) is 29.8 Å². The van der Waals surface area contributed by atoms with Gasteiger partial charge in [0.05, 0.1) is 6.61 Å². The van der Waals surface area contributed by atoms with E-state index >= 15 is 0 Å². The first kappa shape index (κ1) is 17.0. The molecule has 0 amide bonds. The lowest BCUT2D eigenvalue weighted by Gasteiger charge is -2.27. The van der Waals surface area contributed by atoms with Gasteiger partial charge in [-0.25, -0.2) is 0 Å². The van der Waals surface area contributed by atoms with E-state index in [1.54, 1.807) is 7.11 Å². The van der Waals surface area contributed by atoms with E-state index in [9.17, 15) is 0 Å². The summed E-state index contributed by atoms with van der Waals surface area (Å²) < 4.78 is 10.8. The zero-order chi connectivity index (χ0) is 14.8. The lowest BCUT2D eigenvalue weighted by molar-refractivity contribution is 0.166. The number of hydrogen-bond donors (Lipinski definition) is 1. The molecule has 2 N–H and O–H groups in total. The number of nitrogens with two attached hydrogens (primary N) is 1. The largest absolute Gasteiger partial charge is 0.494 e. The van der Waals surface area contributed by atoms with Crippen LogP contribution in [-0.2, 0) is 4.74 Å². The Balaban J connectivity index is 2.67. The number of likely N-dealkylation sites (N-methyl/N-ethyl adjacent to an activating group) is 1. The van der Waals surface area contributed by atoms with E-state index in [1.807, 2.05) is 12.1 Å². The van der Waals surface area contributed by atoms with Crippen LogP contribution in [-0.4, -0.2) is 45.4 Å². The van der Waals surface area contributed by atoms with Crippen molar-refractivity contribution in [1.82, 2.24) is 4.90 Å². The topological polar surface area (TPSA) is 47.7 Å². The summed E-state index contributed by atoms with van der Waals surface area (Å²) in [5, 5.41) is 0. The van der Waals surface area contributed by atoms with Gasteiger partial charge in [0, 0.05) is 32.8 Å². The minimum absolute atomic E-state index is 0.219. The first-order chi connectivity index (χ1) is 9.72. The third kappa shape index (κ3) is 5.49. The van der Waals surface area contributed by atoms with Crippen molar-refractivity contribution in [2.45, 2.75) is 25.8 Å². The molecule has 20 heavy (non-hydrogen) atoms. The van der Waals surface area contributed by atoms with E-state index in [4.69, 9.17) is 15.2 Å². The lowest BCUT2D eigenvalue weighted by atomic mass is 10.1. The standard InChI is InChI=1S/C16H28N2O2/c1-4-10-20-15-8-5-7-14(12-15)16(13-17)18(2)9-6-11-19-3/h5,7-8,12,16H,4,6,9-11,13,17H2,1-3H3. The van der Waals surface area contributed by atoms with Crippen molar-refractivity contribution in [3.63, 3.8) is 0 Å². The molecule has 1 rings (SSSR count). The Morgan fingerprint density at radius 1 is 1.30 bits per heavy atom. The second-order valence-electron chi connectivity index (χ2n) is 5.00. The van der Waals surface area contributed by atoms with Crippen LogP contribution in [0.15, 0.2) is 24.3 Å². The molecule has 1 atom stereocenters. The summed E-state index contributed by atoms with van der Waals surface area (Å²) in [5.74, 6) is 0.924. The molecule has 0 saturated carbocycles. The zero-order valence-electron chi connectivity index (χ0n) is 13.0. The minimum atomic E-state index is 0.219. The molecule has 0 spiro atoms. The van der Waals surface area contributed by atoms with Crippen LogP contribution in [0.2, 0.25) is 0 Å². The molecule has 4 heteroatoms. The van der Waals surface area contributed by atoms with Crippen LogP contribution in [0, 0.1) is 0 Å². The quantitative estimate of drug-likeness (QED) is 0.669. The van der Waals surface area contributed by atoms with Gasteiger partial charge in [0.25, 0.3) is 0 Å². The Bertz CT molecular complexity index is 371. The van der Waals surface area contributed by atoms with Gasteiger partial charge in [-0.05, 0) is 37.6 Å². The second kappa shape index (κ2) is 9.75. The molecule has 0 aliphatic rings. The van der Waals surface area contributed by atoms with Crippen molar-refractivity contribution in [2.24, 2.45) is 5.73 Å². The van der Waals surface area contributed by atoms with Crippen LogP contribution >= 0.6 is 0 Å². The van der Waals surface area contributed by atoms with Crippen molar-refractivity contribution < 1.29 is 9.47 Å². The molecule has 0 heterocycles. The zero-order valence-corrected chi connectivity index (χ0v) is 13.0. The molecule has 0 aromatic heterocycles. The van der Waals surface area contributed by atoms with Crippen LogP contribution in [0.1, 0.15) is 31.4 Å². The summed E-state index contributed by atoms with van der Waals surface area (Å²) in [4.78, 5) is 2.28. The molecule has 114 valence electrons. The number of ether oxygens (including phenoxy) is 2. The minimum Gasteiger partial charge on any atom is -0.494 e. The molecule has 0 bridgehead atoms. The third-order valence-electron chi connectivity index (χ3n) is 3.33.